The van der Waals surface area contributed by atoms with Gasteiger partial charge in [-0.15, -0.1) is 0 Å². The molecule has 0 saturated carbocycles. The summed E-state index contributed by atoms with van der Waals surface area (Å²) < 4.78 is 6.81. The SMILES string of the molecule is CCNC(Cn1c(=O)oc2cccnc21)c1ccccc1. The van der Waals surface area contributed by atoms with Gasteiger partial charge in [0.15, 0.2) is 11.2 Å². The zero-order valence-corrected chi connectivity index (χ0v) is 11.8. The van der Waals surface area contributed by atoms with Crippen molar-refractivity contribution in [3.63, 3.8) is 0 Å². The molecule has 0 radical (unpaired) electrons. The average Bonchev–Trinajstić information content (AvgIpc) is 2.84. The van der Waals surface area contributed by atoms with Crippen molar-refractivity contribution in [3.05, 3.63) is 64.8 Å². The van der Waals surface area contributed by atoms with Crippen LogP contribution in [0.2, 0.25) is 0 Å². The van der Waals surface area contributed by atoms with Crippen molar-refractivity contribution in [2.24, 2.45) is 0 Å². The summed E-state index contributed by atoms with van der Waals surface area (Å²) in [6.45, 7) is 3.35. The van der Waals surface area contributed by atoms with E-state index in [1.165, 1.54) is 0 Å². The molecule has 1 unspecified atom stereocenters. The molecular formula is C16H17N3O2. The van der Waals surface area contributed by atoms with E-state index < -0.39 is 0 Å². The summed E-state index contributed by atoms with van der Waals surface area (Å²) in [7, 11) is 0. The Morgan fingerprint density at radius 1 is 1.24 bits per heavy atom. The number of benzene rings is 1. The first-order chi connectivity index (χ1) is 10.3. The van der Waals surface area contributed by atoms with E-state index in [9.17, 15) is 4.79 Å². The molecule has 3 rings (SSSR count). The van der Waals surface area contributed by atoms with E-state index in [2.05, 4.69) is 10.3 Å². The molecule has 5 nitrogen and oxygen atoms in total. The molecule has 0 aliphatic carbocycles. The Bertz CT molecular complexity index is 777. The highest BCUT2D eigenvalue weighted by Crippen LogP contribution is 2.17. The number of likely N-dealkylation sites (N-methyl/N-ethyl adjacent to an activating group) is 1. The van der Waals surface area contributed by atoms with E-state index in [-0.39, 0.29) is 11.8 Å². The zero-order valence-electron chi connectivity index (χ0n) is 11.8. The van der Waals surface area contributed by atoms with Crippen LogP contribution in [0.1, 0.15) is 18.5 Å². The van der Waals surface area contributed by atoms with Crippen LogP contribution in [0.4, 0.5) is 0 Å². The molecule has 2 heterocycles. The van der Waals surface area contributed by atoms with Crippen LogP contribution in [-0.2, 0) is 6.54 Å². The second-order valence-corrected chi connectivity index (χ2v) is 4.82. The Morgan fingerprint density at radius 2 is 2.05 bits per heavy atom. The molecule has 1 atom stereocenters. The first-order valence-electron chi connectivity index (χ1n) is 7.02. The van der Waals surface area contributed by atoms with Crippen LogP contribution in [0.25, 0.3) is 11.2 Å². The Balaban J connectivity index is 1.99. The van der Waals surface area contributed by atoms with Gasteiger partial charge in [0.25, 0.3) is 0 Å². The van der Waals surface area contributed by atoms with Crippen molar-refractivity contribution in [2.45, 2.75) is 19.5 Å². The third-order valence-corrected chi connectivity index (χ3v) is 3.44. The molecule has 1 N–H and O–H groups in total. The Hall–Kier alpha value is -2.40. The maximum Gasteiger partial charge on any atom is 0.421 e. The first-order valence-corrected chi connectivity index (χ1v) is 7.02. The summed E-state index contributed by atoms with van der Waals surface area (Å²) in [6.07, 6.45) is 1.67. The fourth-order valence-electron chi connectivity index (χ4n) is 2.46. The lowest BCUT2D eigenvalue weighted by atomic mass is 10.1. The van der Waals surface area contributed by atoms with E-state index >= 15 is 0 Å². The number of aromatic nitrogens is 2. The highest BCUT2D eigenvalue weighted by atomic mass is 16.4. The lowest BCUT2D eigenvalue weighted by molar-refractivity contribution is 0.437. The highest BCUT2D eigenvalue weighted by Gasteiger charge is 2.16. The highest BCUT2D eigenvalue weighted by molar-refractivity contribution is 5.67. The number of hydrogen-bond acceptors (Lipinski definition) is 4. The number of pyridine rings is 1. The normalized spacial score (nSPS) is 12.6. The lowest BCUT2D eigenvalue weighted by Gasteiger charge is -2.18. The van der Waals surface area contributed by atoms with Crippen LogP contribution in [0.5, 0.6) is 0 Å². The van der Waals surface area contributed by atoms with Crippen LogP contribution in [0, 0.1) is 0 Å². The molecule has 0 spiro atoms. The molecule has 3 aromatic rings. The van der Waals surface area contributed by atoms with Crippen LogP contribution >= 0.6 is 0 Å². The van der Waals surface area contributed by atoms with Gasteiger partial charge in [0, 0.05) is 6.20 Å². The number of nitrogens with zero attached hydrogens (tertiary/aromatic N) is 2. The van der Waals surface area contributed by atoms with E-state index in [4.69, 9.17) is 4.42 Å². The van der Waals surface area contributed by atoms with E-state index in [0.29, 0.717) is 17.8 Å². The van der Waals surface area contributed by atoms with Gasteiger partial charge in [-0.3, -0.25) is 4.57 Å². The zero-order chi connectivity index (χ0) is 14.7. The van der Waals surface area contributed by atoms with Gasteiger partial charge in [0.05, 0.1) is 12.6 Å². The molecule has 0 bridgehead atoms. The Morgan fingerprint density at radius 3 is 2.81 bits per heavy atom. The quantitative estimate of drug-likeness (QED) is 0.780. The molecule has 0 aliphatic heterocycles. The van der Waals surface area contributed by atoms with Crippen molar-refractivity contribution in [1.82, 2.24) is 14.9 Å². The van der Waals surface area contributed by atoms with E-state index in [1.54, 1.807) is 22.9 Å². The first kappa shape index (κ1) is 13.6. The number of rotatable bonds is 5. The van der Waals surface area contributed by atoms with E-state index in [1.807, 2.05) is 37.3 Å². The number of hydrogen-bond donors (Lipinski definition) is 1. The van der Waals surface area contributed by atoms with Crippen molar-refractivity contribution < 1.29 is 4.42 Å². The van der Waals surface area contributed by atoms with Crippen molar-refractivity contribution in [1.29, 1.82) is 0 Å². The predicted octanol–water partition coefficient (Wildman–Crippen LogP) is 2.34. The standard InChI is InChI=1S/C16H17N3O2/c1-2-17-13(12-7-4-3-5-8-12)11-19-15-14(21-16(19)20)9-6-10-18-15/h3-10,13,17H,2,11H2,1H3. The minimum absolute atomic E-state index is 0.0386. The van der Waals surface area contributed by atoms with Crippen molar-refractivity contribution in [3.8, 4) is 0 Å². The second-order valence-electron chi connectivity index (χ2n) is 4.82. The molecule has 0 amide bonds. The molecule has 1 aromatic carbocycles. The fraction of sp³-hybridized carbons (Fsp3) is 0.250. The molecule has 108 valence electrons. The number of fused-ring (bicyclic) bond motifs is 1. The predicted molar refractivity (Wildman–Crippen MR) is 81.1 cm³/mol. The minimum atomic E-state index is -0.373. The van der Waals surface area contributed by atoms with Crippen LogP contribution in [0.3, 0.4) is 0 Å². The summed E-state index contributed by atoms with van der Waals surface area (Å²) in [4.78, 5) is 16.3. The number of oxazole rings is 1. The summed E-state index contributed by atoms with van der Waals surface area (Å²) in [5, 5.41) is 3.40. The van der Waals surface area contributed by atoms with Gasteiger partial charge in [0.1, 0.15) is 0 Å². The van der Waals surface area contributed by atoms with Crippen LogP contribution in [-0.4, -0.2) is 16.1 Å². The molecule has 21 heavy (non-hydrogen) atoms. The molecule has 0 saturated heterocycles. The lowest BCUT2D eigenvalue weighted by Crippen LogP contribution is -2.29. The van der Waals surface area contributed by atoms with Gasteiger partial charge < -0.3 is 9.73 Å². The smallest absolute Gasteiger partial charge is 0.406 e. The Labute approximate surface area is 122 Å². The maximum absolute atomic E-state index is 12.0. The summed E-state index contributed by atoms with van der Waals surface area (Å²) in [6, 6.07) is 13.6. The van der Waals surface area contributed by atoms with Gasteiger partial charge in [-0.05, 0) is 24.2 Å². The van der Waals surface area contributed by atoms with Crippen molar-refractivity contribution >= 4 is 11.2 Å². The average molecular weight is 283 g/mol. The number of nitrogens with one attached hydrogen (secondary N) is 1. The van der Waals surface area contributed by atoms with Gasteiger partial charge in [0.2, 0.25) is 0 Å². The monoisotopic (exact) mass is 283 g/mol. The van der Waals surface area contributed by atoms with E-state index in [0.717, 1.165) is 12.1 Å². The largest absolute Gasteiger partial charge is 0.421 e. The minimum Gasteiger partial charge on any atom is -0.406 e. The molecule has 2 aromatic heterocycles. The Kier molecular flexibility index (Phi) is 3.83. The van der Waals surface area contributed by atoms with Gasteiger partial charge in [-0.1, -0.05) is 37.3 Å². The van der Waals surface area contributed by atoms with Crippen molar-refractivity contribution in [2.75, 3.05) is 6.54 Å². The third kappa shape index (κ3) is 2.73. The third-order valence-electron chi connectivity index (χ3n) is 3.44. The molecule has 0 fully saturated rings. The molecular weight excluding hydrogens is 266 g/mol. The fourth-order valence-corrected chi connectivity index (χ4v) is 2.46. The topological polar surface area (TPSA) is 60.1 Å². The maximum atomic E-state index is 12.0. The van der Waals surface area contributed by atoms with Gasteiger partial charge in [-0.25, -0.2) is 9.78 Å². The summed E-state index contributed by atoms with van der Waals surface area (Å²) in [5.41, 5.74) is 2.24. The second kappa shape index (κ2) is 5.93. The summed E-state index contributed by atoms with van der Waals surface area (Å²) >= 11 is 0. The van der Waals surface area contributed by atoms with Crippen LogP contribution in [0.15, 0.2) is 57.9 Å². The van der Waals surface area contributed by atoms with Gasteiger partial charge in [-0.2, -0.15) is 0 Å². The summed E-state index contributed by atoms with van der Waals surface area (Å²) in [5.74, 6) is -0.373. The molecule has 5 heteroatoms. The van der Waals surface area contributed by atoms with Crippen LogP contribution < -0.4 is 11.1 Å². The van der Waals surface area contributed by atoms with Gasteiger partial charge >= 0.3 is 5.76 Å². The molecule has 0 aliphatic rings.